The summed E-state index contributed by atoms with van der Waals surface area (Å²) in [6.45, 7) is 6.59. The highest BCUT2D eigenvalue weighted by atomic mass is 16.5. The molecule has 0 fully saturated rings. The van der Waals surface area contributed by atoms with Crippen LogP contribution in [0.4, 0.5) is 0 Å². The van der Waals surface area contributed by atoms with Crippen molar-refractivity contribution >= 4 is 33.2 Å². The van der Waals surface area contributed by atoms with E-state index >= 15 is 0 Å². The molecule has 168 valence electrons. The van der Waals surface area contributed by atoms with E-state index in [4.69, 9.17) is 24.4 Å². The van der Waals surface area contributed by atoms with E-state index in [-0.39, 0.29) is 5.56 Å². The molecular weight excluding hydrogens is 418 g/mol. The van der Waals surface area contributed by atoms with Crippen molar-refractivity contribution in [1.29, 1.82) is 0 Å². The highest BCUT2D eigenvalue weighted by Gasteiger charge is 2.23. The summed E-state index contributed by atoms with van der Waals surface area (Å²) in [7, 11) is 3.20. The SMILES string of the molecule is COc1cc(OC)cc(-n2c3nc4ccccc4nc3c3c(=O)n(CC(C)C)c(C)nc32)c1. The summed E-state index contributed by atoms with van der Waals surface area (Å²) >= 11 is 0. The van der Waals surface area contributed by atoms with Gasteiger partial charge in [-0.1, -0.05) is 26.0 Å². The average molecular weight is 444 g/mol. The summed E-state index contributed by atoms with van der Waals surface area (Å²) in [5.41, 5.74) is 3.67. The van der Waals surface area contributed by atoms with Crippen molar-refractivity contribution in [3.63, 3.8) is 0 Å². The standard InChI is InChI=1S/C25H25N5O3/c1-14(2)13-29-15(3)26-23-21(25(29)31)22-24(28-20-9-7-6-8-19(20)27-22)30(23)16-10-17(32-4)12-18(11-16)33-5/h6-12,14H,13H2,1-5H3. The number of benzene rings is 2. The summed E-state index contributed by atoms with van der Waals surface area (Å²) in [4.78, 5) is 28.3. The average Bonchev–Trinajstić information content (AvgIpc) is 3.12. The van der Waals surface area contributed by atoms with Gasteiger partial charge in [-0.05, 0) is 25.0 Å². The van der Waals surface area contributed by atoms with Crippen molar-refractivity contribution in [3.8, 4) is 17.2 Å². The maximum atomic E-state index is 13.7. The second-order valence-corrected chi connectivity index (χ2v) is 8.46. The predicted molar refractivity (Wildman–Crippen MR) is 129 cm³/mol. The van der Waals surface area contributed by atoms with Gasteiger partial charge in [-0.2, -0.15) is 0 Å². The number of methoxy groups -OCH3 is 2. The molecule has 5 rings (SSSR count). The maximum Gasteiger partial charge on any atom is 0.265 e. The highest BCUT2D eigenvalue weighted by molar-refractivity contribution is 6.05. The number of rotatable bonds is 5. The van der Waals surface area contributed by atoms with E-state index in [2.05, 4.69) is 13.8 Å². The molecule has 0 aliphatic carbocycles. The molecule has 0 bridgehead atoms. The molecule has 33 heavy (non-hydrogen) atoms. The zero-order chi connectivity index (χ0) is 23.3. The van der Waals surface area contributed by atoms with E-state index in [9.17, 15) is 4.79 Å². The molecule has 0 saturated heterocycles. The van der Waals surface area contributed by atoms with E-state index in [1.165, 1.54) is 0 Å². The third-order valence-corrected chi connectivity index (χ3v) is 5.70. The van der Waals surface area contributed by atoms with Crippen LogP contribution < -0.4 is 15.0 Å². The molecule has 8 nitrogen and oxygen atoms in total. The van der Waals surface area contributed by atoms with Gasteiger partial charge in [-0.15, -0.1) is 0 Å². The smallest absolute Gasteiger partial charge is 0.265 e. The molecule has 0 aliphatic rings. The van der Waals surface area contributed by atoms with Gasteiger partial charge in [0.15, 0.2) is 11.3 Å². The second-order valence-electron chi connectivity index (χ2n) is 8.46. The van der Waals surface area contributed by atoms with E-state index in [0.29, 0.717) is 52.0 Å². The number of nitrogens with zero attached hydrogens (tertiary/aromatic N) is 5. The van der Waals surface area contributed by atoms with E-state index < -0.39 is 0 Å². The van der Waals surface area contributed by atoms with Crippen LogP contribution in [-0.2, 0) is 6.54 Å². The first-order valence-corrected chi connectivity index (χ1v) is 10.8. The number of aryl methyl sites for hydroxylation is 1. The number of hydrogen-bond donors (Lipinski definition) is 0. The Morgan fingerprint density at radius 1 is 0.909 bits per heavy atom. The first-order chi connectivity index (χ1) is 15.9. The van der Waals surface area contributed by atoms with Gasteiger partial charge in [0.1, 0.15) is 28.2 Å². The third kappa shape index (κ3) is 3.38. The van der Waals surface area contributed by atoms with Crippen molar-refractivity contribution in [2.45, 2.75) is 27.3 Å². The van der Waals surface area contributed by atoms with Crippen LogP contribution in [-0.4, -0.2) is 38.3 Å². The van der Waals surface area contributed by atoms with Gasteiger partial charge in [0.2, 0.25) is 0 Å². The van der Waals surface area contributed by atoms with Crippen LogP contribution in [0.1, 0.15) is 19.7 Å². The highest BCUT2D eigenvalue weighted by Crippen LogP contribution is 2.32. The van der Waals surface area contributed by atoms with Crippen LogP contribution in [0.2, 0.25) is 0 Å². The zero-order valence-electron chi connectivity index (χ0n) is 19.3. The summed E-state index contributed by atoms with van der Waals surface area (Å²) in [6, 6.07) is 13.2. The van der Waals surface area contributed by atoms with Crippen LogP contribution in [0.5, 0.6) is 11.5 Å². The van der Waals surface area contributed by atoms with Gasteiger partial charge in [0.05, 0.1) is 30.9 Å². The van der Waals surface area contributed by atoms with Crippen LogP contribution >= 0.6 is 0 Å². The molecule has 0 N–H and O–H groups in total. The van der Waals surface area contributed by atoms with E-state index in [1.54, 1.807) is 24.9 Å². The molecule has 2 aromatic carbocycles. The van der Waals surface area contributed by atoms with Crippen LogP contribution in [0.15, 0.2) is 47.3 Å². The van der Waals surface area contributed by atoms with Crippen molar-refractivity contribution in [2.75, 3.05) is 14.2 Å². The Morgan fingerprint density at radius 2 is 1.55 bits per heavy atom. The largest absolute Gasteiger partial charge is 0.497 e. The second kappa shape index (κ2) is 7.88. The Hall–Kier alpha value is -3.94. The maximum absolute atomic E-state index is 13.7. The monoisotopic (exact) mass is 443 g/mol. The lowest BCUT2D eigenvalue weighted by Crippen LogP contribution is -2.26. The molecule has 0 radical (unpaired) electrons. The fourth-order valence-corrected chi connectivity index (χ4v) is 4.18. The molecule has 0 saturated carbocycles. The molecular formula is C25H25N5O3. The van der Waals surface area contributed by atoms with E-state index in [0.717, 1.165) is 16.7 Å². The Bertz CT molecular complexity index is 1560. The molecule has 0 unspecified atom stereocenters. The molecule has 0 spiro atoms. The van der Waals surface area contributed by atoms with Crippen LogP contribution in [0.25, 0.3) is 38.9 Å². The van der Waals surface area contributed by atoms with Gasteiger partial charge in [0.25, 0.3) is 5.56 Å². The van der Waals surface area contributed by atoms with Crippen LogP contribution in [0, 0.1) is 12.8 Å². The lowest BCUT2D eigenvalue weighted by molar-refractivity contribution is 0.394. The molecule has 3 aromatic heterocycles. The Morgan fingerprint density at radius 3 is 2.15 bits per heavy atom. The first kappa shape index (κ1) is 20.9. The fourth-order valence-electron chi connectivity index (χ4n) is 4.18. The summed E-state index contributed by atoms with van der Waals surface area (Å²) in [6.07, 6.45) is 0. The van der Waals surface area contributed by atoms with Gasteiger partial charge in [0, 0.05) is 24.7 Å². The fraction of sp³-hybridized carbons (Fsp3) is 0.280. The van der Waals surface area contributed by atoms with Crippen molar-refractivity contribution in [2.24, 2.45) is 5.92 Å². The lowest BCUT2D eigenvalue weighted by atomic mass is 10.2. The molecule has 5 aromatic rings. The number of fused-ring (bicyclic) bond motifs is 4. The van der Waals surface area contributed by atoms with Crippen molar-refractivity contribution < 1.29 is 9.47 Å². The molecule has 3 heterocycles. The van der Waals surface area contributed by atoms with Crippen molar-refractivity contribution in [3.05, 3.63) is 58.6 Å². The minimum Gasteiger partial charge on any atom is -0.497 e. The minimum atomic E-state index is -0.116. The molecule has 0 amide bonds. The van der Waals surface area contributed by atoms with Gasteiger partial charge in [-0.25, -0.2) is 15.0 Å². The number of para-hydroxylation sites is 2. The van der Waals surface area contributed by atoms with Crippen molar-refractivity contribution in [1.82, 2.24) is 24.1 Å². The summed E-state index contributed by atoms with van der Waals surface area (Å²) in [5, 5.41) is 0.455. The Labute approximate surface area is 190 Å². The number of hydrogen-bond acceptors (Lipinski definition) is 6. The van der Waals surface area contributed by atoms with E-state index in [1.807, 2.05) is 47.9 Å². The normalized spacial score (nSPS) is 11.7. The molecule has 0 atom stereocenters. The third-order valence-electron chi connectivity index (χ3n) is 5.70. The van der Waals surface area contributed by atoms with Crippen LogP contribution in [0.3, 0.4) is 0 Å². The lowest BCUT2D eigenvalue weighted by Gasteiger charge is -2.13. The van der Waals surface area contributed by atoms with Gasteiger partial charge in [-0.3, -0.25) is 13.9 Å². The first-order valence-electron chi connectivity index (χ1n) is 10.8. The number of aromatic nitrogens is 5. The summed E-state index contributed by atoms with van der Waals surface area (Å²) < 4.78 is 14.6. The quantitative estimate of drug-likeness (QED) is 0.403. The number of ether oxygens (including phenoxy) is 2. The molecule has 0 aliphatic heterocycles. The topological polar surface area (TPSA) is 84.1 Å². The Balaban J connectivity index is 1.98. The Kier molecular flexibility index (Phi) is 5.00. The molecule has 8 heteroatoms. The van der Waals surface area contributed by atoms with Gasteiger partial charge < -0.3 is 9.47 Å². The van der Waals surface area contributed by atoms with Gasteiger partial charge >= 0.3 is 0 Å². The summed E-state index contributed by atoms with van der Waals surface area (Å²) in [5.74, 6) is 2.18. The minimum absolute atomic E-state index is 0.116. The predicted octanol–water partition coefficient (Wildman–Crippen LogP) is 4.27. The zero-order valence-corrected chi connectivity index (χ0v) is 19.3.